The molecule has 3 aromatic heterocycles. The molecular formula is C38H54ClN9O4. The summed E-state index contributed by atoms with van der Waals surface area (Å²) in [5.74, 6) is 1.37. The molecule has 0 unspecified atom stereocenters. The quantitative estimate of drug-likeness (QED) is 0.162. The first kappa shape index (κ1) is 39.5. The summed E-state index contributed by atoms with van der Waals surface area (Å²) in [6, 6.07) is 11.0. The zero-order valence-corrected chi connectivity index (χ0v) is 32.2. The Hall–Kier alpha value is -3.70. The van der Waals surface area contributed by atoms with Gasteiger partial charge in [-0.05, 0) is 102 Å². The Morgan fingerprint density at radius 3 is 2.62 bits per heavy atom. The smallest absolute Gasteiger partial charge is 0.313 e. The summed E-state index contributed by atoms with van der Waals surface area (Å²) in [6.07, 6.45) is 7.80. The van der Waals surface area contributed by atoms with E-state index in [4.69, 9.17) is 30.8 Å². The Bertz CT molecular complexity index is 1660. The second-order valence-corrected chi connectivity index (χ2v) is 16.1. The molecule has 0 aromatic carbocycles. The molecule has 0 spiro atoms. The van der Waals surface area contributed by atoms with E-state index in [0.717, 1.165) is 54.9 Å². The van der Waals surface area contributed by atoms with Crippen molar-refractivity contribution in [3.05, 3.63) is 47.0 Å². The number of nitriles is 1. The highest BCUT2D eigenvalue weighted by molar-refractivity contribution is 6.33. The van der Waals surface area contributed by atoms with Gasteiger partial charge in [-0.1, -0.05) is 31.5 Å². The summed E-state index contributed by atoms with van der Waals surface area (Å²) in [6.45, 7) is 14.0. The van der Waals surface area contributed by atoms with Gasteiger partial charge in [0.2, 0.25) is 12.1 Å². The molecule has 3 aromatic rings. The zero-order valence-electron chi connectivity index (χ0n) is 31.4. The molecule has 2 atom stereocenters. The fourth-order valence-corrected chi connectivity index (χ4v) is 6.79. The molecule has 282 valence electrons. The van der Waals surface area contributed by atoms with Gasteiger partial charge in [0.1, 0.15) is 12.4 Å². The Balaban J connectivity index is 1.05. The molecule has 0 bridgehead atoms. The van der Waals surface area contributed by atoms with Gasteiger partial charge in [0.05, 0.1) is 34.2 Å². The highest BCUT2D eigenvalue weighted by atomic mass is 35.5. The Morgan fingerprint density at radius 2 is 1.92 bits per heavy atom. The van der Waals surface area contributed by atoms with Gasteiger partial charge in [-0.3, -0.25) is 9.78 Å². The number of halogens is 1. The Morgan fingerprint density at radius 1 is 1.17 bits per heavy atom. The van der Waals surface area contributed by atoms with E-state index < -0.39 is 17.1 Å². The van der Waals surface area contributed by atoms with Gasteiger partial charge in [-0.2, -0.15) is 5.26 Å². The van der Waals surface area contributed by atoms with Crippen LogP contribution in [0.3, 0.4) is 0 Å². The zero-order chi connectivity index (χ0) is 37.3. The summed E-state index contributed by atoms with van der Waals surface area (Å²) >= 11 is 6.64. The molecule has 2 aliphatic rings. The maximum Gasteiger partial charge on any atom is 0.313 e. The van der Waals surface area contributed by atoms with Crippen LogP contribution in [0, 0.1) is 34.0 Å². The third-order valence-corrected chi connectivity index (χ3v) is 10.1. The van der Waals surface area contributed by atoms with Crippen LogP contribution in [0.5, 0.6) is 0 Å². The van der Waals surface area contributed by atoms with Crippen LogP contribution in [-0.4, -0.2) is 74.6 Å². The van der Waals surface area contributed by atoms with E-state index in [-0.39, 0.29) is 24.5 Å². The normalized spacial score (nSPS) is 20.2. The van der Waals surface area contributed by atoms with Gasteiger partial charge in [-0.25, -0.2) is 4.98 Å². The number of tetrazole rings is 1. The van der Waals surface area contributed by atoms with E-state index >= 15 is 0 Å². The summed E-state index contributed by atoms with van der Waals surface area (Å²) in [4.78, 5) is 23.3. The molecular weight excluding hydrogens is 682 g/mol. The third kappa shape index (κ3) is 10.9. The maximum atomic E-state index is 12.5. The topological polar surface area (TPSA) is 162 Å². The van der Waals surface area contributed by atoms with Gasteiger partial charge >= 0.3 is 5.97 Å². The lowest BCUT2D eigenvalue weighted by atomic mass is 9.82. The highest BCUT2D eigenvalue weighted by Gasteiger charge is 2.33. The molecule has 52 heavy (non-hydrogen) atoms. The first-order valence-electron chi connectivity index (χ1n) is 18.5. The number of nitrogens with one attached hydrogen (secondary N) is 2. The molecule has 1 saturated heterocycles. The van der Waals surface area contributed by atoms with E-state index in [2.05, 4.69) is 50.1 Å². The van der Waals surface area contributed by atoms with E-state index in [1.54, 1.807) is 6.20 Å². The minimum Gasteiger partial charge on any atom is -0.437 e. The van der Waals surface area contributed by atoms with Crippen LogP contribution in [0.4, 0.5) is 5.82 Å². The first-order valence-corrected chi connectivity index (χ1v) is 18.9. The van der Waals surface area contributed by atoms with E-state index in [1.165, 1.54) is 4.80 Å². The number of nitrogens with zero attached hydrogens (tertiary/aromatic N) is 7. The largest absolute Gasteiger partial charge is 0.437 e. The molecule has 14 heteroatoms. The third-order valence-electron chi connectivity index (χ3n) is 9.80. The summed E-state index contributed by atoms with van der Waals surface area (Å²) in [7, 11) is 0. The van der Waals surface area contributed by atoms with E-state index in [0.29, 0.717) is 62.0 Å². The lowest BCUT2D eigenvalue weighted by molar-refractivity contribution is -0.169. The maximum absolute atomic E-state index is 12.5. The van der Waals surface area contributed by atoms with Crippen molar-refractivity contribution >= 4 is 23.4 Å². The number of ether oxygens (including phenoxy) is 3. The molecule has 2 N–H and O–H groups in total. The predicted octanol–water partition coefficient (Wildman–Crippen LogP) is 6.56. The number of esters is 1. The average molecular weight is 736 g/mol. The van der Waals surface area contributed by atoms with Gasteiger partial charge in [0, 0.05) is 55.2 Å². The van der Waals surface area contributed by atoms with Crippen LogP contribution in [0.15, 0.2) is 30.5 Å². The lowest BCUT2D eigenvalue weighted by Crippen LogP contribution is -2.41. The second-order valence-electron chi connectivity index (χ2n) is 15.7. The number of pyridine rings is 2. The molecule has 13 nitrogen and oxygen atoms in total. The number of anilines is 1. The molecule has 0 amide bonds. The molecule has 1 aliphatic heterocycles. The molecule has 1 aliphatic carbocycles. The molecule has 0 radical (unpaired) electrons. The van der Waals surface area contributed by atoms with Crippen molar-refractivity contribution in [1.82, 2.24) is 35.5 Å². The lowest BCUT2D eigenvalue weighted by Gasteiger charge is -2.31. The number of rotatable bonds is 15. The van der Waals surface area contributed by atoms with E-state index in [9.17, 15) is 10.1 Å². The van der Waals surface area contributed by atoms with Gasteiger partial charge in [0.25, 0.3) is 0 Å². The second kappa shape index (κ2) is 17.9. The van der Waals surface area contributed by atoms with Crippen molar-refractivity contribution in [3.8, 4) is 17.3 Å². The number of carbonyl (C=O) groups is 1. The number of hydrogen-bond donors (Lipinski definition) is 2. The summed E-state index contributed by atoms with van der Waals surface area (Å²) in [5.41, 5.74) is 1.59. The minimum absolute atomic E-state index is 0.0238. The van der Waals surface area contributed by atoms with Crippen molar-refractivity contribution in [2.75, 3.05) is 31.7 Å². The van der Waals surface area contributed by atoms with Gasteiger partial charge < -0.3 is 24.8 Å². The number of carbonyl (C=O) groups excluding carboxylic acids is 1. The SMILES string of the molecule is CC(C)[C@@H](OC(=O)C(C)(C)C)n1nnc(COC[C@@H](C)NC2CCC(Cc3cc(-c4cccc(NCC5(C#N)CCOCC5)n4)c(Cl)cn3)CC2)n1. The van der Waals surface area contributed by atoms with Gasteiger partial charge in [0.15, 0.2) is 0 Å². The number of hydrogen-bond acceptors (Lipinski definition) is 12. The van der Waals surface area contributed by atoms with Crippen LogP contribution in [0.1, 0.15) is 97.8 Å². The highest BCUT2D eigenvalue weighted by Crippen LogP contribution is 2.33. The number of aromatic nitrogens is 6. The van der Waals surface area contributed by atoms with Crippen molar-refractivity contribution in [3.63, 3.8) is 0 Å². The summed E-state index contributed by atoms with van der Waals surface area (Å²) < 4.78 is 17.1. The Labute approximate surface area is 312 Å². The fourth-order valence-electron chi connectivity index (χ4n) is 6.59. The summed E-state index contributed by atoms with van der Waals surface area (Å²) in [5, 5.41) is 30.2. The standard InChI is InChI=1S/C38H54ClN9O4/c1-25(2)35(52-36(49)37(4,5)6)48-46-34(45-47-48)22-51-21-26(3)43-28-12-10-27(11-13-28)18-29-19-30(31(39)20-41-29)32-8-7-9-33(44-32)42-24-38(23-40)14-16-50-17-15-38/h7-9,19-20,25-28,35,43H,10-18,21-22,24H2,1-6H3,(H,42,44)/t26-,27?,28?,35-/m1/s1. The molecule has 5 rings (SSSR count). The van der Waals surface area contributed by atoms with Crippen LogP contribution in [-0.2, 0) is 32.0 Å². The van der Waals surface area contributed by atoms with Crippen molar-refractivity contribution in [2.24, 2.45) is 22.7 Å². The van der Waals surface area contributed by atoms with Crippen molar-refractivity contribution < 1.29 is 19.0 Å². The van der Waals surface area contributed by atoms with Crippen LogP contribution >= 0.6 is 11.6 Å². The van der Waals surface area contributed by atoms with Crippen molar-refractivity contribution in [2.45, 2.75) is 111 Å². The predicted molar refractivity (Wildman–Crippen MR) is 198 cm³/mol. The molecule has 2 fully saturated rings. The van der Waals surface area contributed by atoms with Crippen LogP contribution in [0.25, 0.3) is 11.3 Å². The van der Waals surface area contributed by atoms with Crippen LogP contribution < -0.4 is 10.6 Å². The van der Waals surface area contributed by atoms with Gasteiger partial charge in [-0.15, -0.1) is 15.0 Å². The molecule has 1 saturated carbocycles. The van der Waals surface area contributed by atoms with Crippen molar-refractivity contribution in [1.29, 1.82) is 5.26 Å². The average Bonchev–Trinajstić information content (AvgIpc) is 3.59. The first-order chi connectivity index (χ1) is 24.8. The Kier molecular flexibility index (Phi) is 13.6. The monoisotopic (exact) mass is 735 g/mol. The van der Waals surface area contributed by atoms with Crippen LogP contribution in [0.2, 0.25) is 5.02 Å². The molecule has 4 heterocycles. The fraction of sp³-hybridized carbons (Fsp3) is 0.658. The van der Waals surface area contributed by atoms with E-state index in [1.807, 2.05) is 52.8 Å². The minimum atomic E-state index is -0.634.